The van der Waals surface area contributed by atoms with Crippen LogP contribution in [0.5, 0.6) is 0 Å². The Morgan fingerprint density at radius 1 is 0.962 bits per heavy atom. The molecule has 6 aliphatic rings. The van der Waals surface area contributed by atoms with E-state index in [4.69, 9.17) is 19.0 Å². The molecule has 11 heteroatoms. The summed E-state index contributed by atoms with van der Waals surface area (Å²) in [4.78, 5) is 7.92. The van der Waals surface area contributed by atoms with Gasteiger partial charge in [-0.25, -0.2) is 13.8 Å². The van der Waals surface area contributed by atoms with Crippen LogP contribution in [0.3, 0.4) is 0 Å². The van der Waals surface area contributed by atoms with Gasteiger partial charge in [-0.2, -0.15) is 0 Å². The zero-order valence-electron chi connectivity index (χ0n) is 30.4. The number of fused-ring (bicyclic) bond motifs is 1. The van der Waals surface area contributed by atoms with Gasteiger partial charge in [0.2, 0.25) is 0 Å². The summed E-state index contributed by atoms with van der Waals surface area (Å²) in [5.74, 6) is -0.818. The first kappa shape index (κ1) is 33.6. The third kappa shape index (κ3) is 4.17. The molecule has 2 aromatic heterocycles. The van der Waals surface area contributed by atoms with Crippen LogP contribution in [0.1, 0.15) is 67.4 Å². The minimum atomic E-state index is -1.61. The van der Waals surface area contributed by atoms with Gasteiger partial charge in [0.25, 0.3) is 0 Å². The van der Waals surface area contributed by atoms with Gasteiger partial charge in [-0.3, -0.25) is 0 Å². The molecule has 276 valence electrons. The number of halogens is 2. The van der Waals surface area contributed by atoms with Crippen molar-refractivity contribution < 1.29 is 33.0 Å². The van der Waals surface area contributed by atoms with Crippen molar-refractivity contribution in [1.82, 2.24) is 19.6 Å². The quantitative estimate of drug-likeness (QED) is 0.219. The summed E-state index contributed by atoms with van der Waals surface area (Å²) >= 11 is 0. The molecule has 1 spiro atoms. The van der Waals surface area contributed by atoms with Gasteiger partial charge < -0.3 is 33.7 Å². The smallest absolute Gasteiger partial charge is 0.167 e. The van der Waals surface area contributed by atoms with Gasteiger partial charge in [-0.05, 0) is 113 Å². The van der Waals surface area contributed by atoms with Gasteiger partial charge in [0.05, 0.1) is 22.8 Å². The standard InChI is InChI=1S/C42H44F2N4O5/c1-22-37(23(2)52-46-22)24-5-14-33-32(19-24)45-39(48(33)27-8-10-28(51-4)11-9-27)42-36(50)16-12-29-34-20-25-6-15-35(49)41(53-42,26-7-13-30(43)31(44)21-26)38(25)40(29,42)17-18-47(34)3/h5-7,12-16,19,21,27-29,34-36,49-50H,8-11,17-18,20H2,1-4H3/t27?,28?,29-,34+,35-,36-,40-,41?,42+/m0/s1. The number of aromatic nitrogens is 3. The molecular weight excluding hydrogens is 678 g/mol. The summed E-state index contributed by atoms with van der Waals surface area (Å²) in [6, 6.07) is 10.1. The van der Waals surface area contributed by atoms with E-state index >= 15 is 4.39 Å². The molecule has 0 amide bonds. The highest BCUT2D eigenvalue weighted by Crippen LogP contribution is 2.76. The van der Waals surface area contributed by atoms with Crippen molar-refractivity contribution in [2.75, 3.05) is 20.7 Å². The Hall–Kier alpha value is -4.00. The van der Waals surface area contributed by atoms with Crippen LogP contribution in [-0.2, 0) is 20.7 Å². The Kier molecular flexibility index (Phi) is 7.29. The predicted octanol–water partition coefficient (Wildman–Crippen LogP) is 6.71. The van der Waals surface area contributed by atoms with Crippen LogP contribution in [0, 0.1) is 36.8 Å². The van der Waals surface area contributed by atoms with Crippen molar-refractivity contribution in [3.8, 4) is 11.1 Å². The van der Waals surface area contributed by atoms with E-state index in [-0.39, 0.29) is 24.1 Å². The molecule has 2 saturated heterocycles. The van der Waals surface area contributed by atoms with E-state index in [0.717, 1.165) is 76.8 Å². The number of hydrogen-bond acceptors (Lipinski definition) is 8. The number of aliphatic hydroxyl groups excluding tert-OH is 2. The Morgan fingerprint density at radius 3 is 2.51 bits per heavy atom. The minimum absolute atomic E-state index is 0.0150. The largest absolute Gasteiger partial charge is 0.385 e. The lowest BCUT2D eigenvalue weighted by Gasteiger charge is -2.61. The third-order valence-electron chi connectivity index (χ3n) is 13.8. The number of piperidine rings is 1. The predicted molar refractivity (Wildman–Crippen MR) is 193 cm³/mol. The molecule has 10 rings (SSSR count). The molecule has 4 aliphatic carbocycles. The number of aryl methyl sites for hydroxylation is 2. The van der Waals surface area contributed by atoms with Gasteiger partial charge in [0.1, 0.15) is 29.4 Å². The van der Waals surface area contributed by atoms with Crippen molar-refractivity contribution in [1.29, 1.82) is 0 Å². The van der Waals surface area contributed by atoms with Crippen LogP contribution >= 0.6 is 0 Å². The maximum Gasteiger partial charge on any atom is 0.167 e. The van der Waals surface area contributed by atoms with E-state index < -0.39 is 40.5 Å². The fourth-order valence-electron chi connectivity index (χ4n) is 11.5. The van der Waals surface area contributed by atoms with E-state index in [0.29, 0.717) is 36.5 Å². The van der Waals surface area contributed by atoms with Gasteiger partial charge in [0, 0.05) is 36.1 Å². The molecule has 2 aliphatic heterocycles. The minimum Gasteiger partial charge on any atom is -0.385 e. The lowest BCUT2D eigenvalue weighted by Crippen LogP contribution is -2.66. The Bertz CT molecular complexity index is 2250. The SMILES string of the molecule is COC1CCC(n2c([C@]34OC5(c6ccc(F)c(F)c6)C6=C(C=C[C@@H]5O)C[C@@H]5[C@H](C=C[C@@H]3O)[C@@]64CCN5C)nc3cc(-c4c(C)noc4C)ccc32)CC1. The van der Waals surface area contributed by atoms with Crippen LogP contribution in [0.4, 0.5) is 8.78 Å². The second-order valence-corrected chi connectivity index (χ2v) is 16.1. The molecule has 2 aromatic carbocycles. The number of nitrogens with zero attached hydrogens (tertiary/aromatic N) is 4. The molecule has 0 radical (unpaired) electrons. The molecule has 4 heterocycles. The van der Waals surface area contributed by atoms with E-state index in [1.807, 2.05) is 26.0 Å². The normalized spacial score (nSPS) is 36.1. The topological polar surface area (TPSA) is 106 Å². The average molecular weight is 723 g/mol. The second-order valence-electron chi connectivity index (χ2n) is 16.1. The second kappa shape index (κ2) is 11.5. The molecule has 1 saturated carbocycles. The summed E-state index contributed by atoms with van der Waals surface area (Å²) in [5.41, 5.74) is 2.44. The summed E-state index contributed by atoms with van der Waals surface area (Å²) < 4.78 is 51.3. The summed E-state index contributed by atoms with van der Waals surface area (Å²) in [6.45, 7) is 4.54. The fraction of sp³-hybridized carbons (Fsp3) is 0.476. The highest BCUT2D eigenvalue weighted by atomic mass is 19.2. The zero-order chi connectivity index (χ0) is 36.6. The molecule has 7 atom stereocenters. The first-order chi connectivity index (χ1) is 25.5. The number of imidazole rings is 1. The molecule has 1 unspecified atom stereocenters. The Morgan fingerprint density at radius 2 is 1.77 bits per heavy atom. The average Bonchev–Trinajstić information content (AvgIpc) is 3.80. The lowest BCUT2D eigenvalue weighted by molar-refractivity contribution is -0.227. The Labute approximate surface area is 306 Å². The van der Waals surface area contributed by atoms with Gasteiger partial charge in [-0.15, -0.1) is 0 Å². The van der Waals surface area contributed by atoms with Crippen molar-refractivity contribution in [3.63, 3.8) is 0 Å². The van der Waals surface area contributed by atoms with Crippen molar-refractivity contribution >= 4 is 11.0 Å². The fourth-order valence-corrected chi connectivity index (χ4v) is 11.5. The van der Waals surface area contributed by atoms with E-state index in [1.165, 1.54) is 6.07 Å². The van der Waals surface area contributed by atoms with Crippen molar-refractivity contribution in [2.45, 2.75) is 94.0 Å². The highest BCUT2D eigenvalue weighted by Gasteiger charge is 2.80. The molecule has 4 aromatic rings. The zero-order valence-corrected chi connectivity index (χ0v) is 30.4. The number of likely N-dealkylation sites (tertiary alicyclic amines) is 1. The van der Waals surface area contributed by atoms with E-state index in [9.17, 15) is 14.6 Å². The number of methoxy groups -OCH3 is 1. The maximum atomic E-state index is 15.3. The van der Waals surface area contributed by atoms with Gasteiger partial charge >= 0.3 is 0 Å². The summed E-state index contributed by atoms with van der Waals surface area (Å²) in [7, 11) is 3.90. The van der Waals surface area contributed by atoms with E-state index in [1.54, 1.807) is 13.2 Å². The first-order valence-corrected chi connectivity index (χ1v) is 18.9. The maximum absolute atomic E-state index is 15.3. The van der Waals surface area contributed by atoms with Gasteiger partial charge in [-0.1, -0.05) is 41.6 Å². The van der Waals surface area contributed by atoms with Crippen molar-refractivity contribution in [2.24, 2.45) is 11.3 Å². The van der Waals surface area contributed by atoms with Crippen LogP contribution < -0.4 is 0 Å². The molecular formula is C42H44F2N4O5. The number of benzene rings is 2. The number of ether oxygens (including phenoxy) is 2. The molecule has 9 nitrogen and oxygen atoms in total. The number of rotatable bonds is 5. The summed E-state index contributed by atoms with van der Waals surface area (Å²) in [6.07, 6.45) is 10.1. The van der Waals surface area contributed by atoms with Crippen LogP contribution in [0.25, 0.3) is 22.2 Å². The first-order valence-electron chi connectivity index (χ1n) is 18.9. The lowest BCUT2D eigenvalue weighted by atomic mass is 9.46. The third-order valence-corrected chi connectivity index (χ3v) is 13.8. The Balaban J connectivity index is 1.30. The number of hydrogen-bond donors (Lipinski definition) is 2. The molecule has 2 bridgehead atoms. The number of aliphatic hydroxyl groups is 2. The van der Waals surface area contributed by atoms with Crippen molar-refractivity contribution in [3.05, 3.63) is 106 Å². The van der Waals surface area contributed by atoms with E-state index in [2.05, 4.69) is 45.9 Å². The van der Waals surface area contributed by atoms with Crippen LogP contribution in [0.2, 0.25) is 0 Å². The van der Waals surface area contributed by atoms with Crippen LogP contribution in [0.15, 0.2) is 76.4 Å². The monoisotopic (exact) mass is 722 g/mol. The number of allylic oxidation sites excluding steroid dienone is 1. The van der Waals surface area contributed by atoms with Gasteiger partial charge in [0.15, 0.2) is 17.2 Å². The van der Waals surface area contributed by atoms with Crippen LogP contribution in [-0.4, -0.2) is 74.9 Å². The molecule has 53 heavy (non-hydrogen) atoms. The summed E-state index contributed by atoms with van der Waals surface area (Å²) in [5, 5.41) is 29.3. The molecule has 2 N–H and O–H groups in total. The molecule has 3 fully saturated rings. The highest BCUT2D eigenvalue weighted by molar-refractivity contribution is 5.84.